The Kier molecular flexibility index (Phi) is 3.42. The molecule has 24 heavy (non-hydrogen) atoms. The van der Waals surface area contributed by atoms with Gasteiger partial charge in [0.05, 0.1) is 6.61 Å². The average molecular weight is 332 g/mol. The number of aliphatic hydroxyl groups excluding tert-OH is 1. The fourth-order valence-corrected chi connectivity index (χ4v) is 3.26. The van der Waals surface area contributed by atoms with E-state index in [9.17, 15) is 19.5 Å². The third kappa shape index (κ3) is 2.30. The van der Waals surface area contributed by atoms with Crippen molar-refractivity contribution < 1.29 is 29.0 Å². The van der Waals surface area contributed by atoms with Crippen molar-refractivity contribution in [2.45, 2.75) is 31.5 Å². The van der Waals surface area contributed by atoms with Crippen LogP contribution < -0.4 is 14.8 Å². The zero-order valence-electron chi connectivity index (χ0n) is 12.8. The number of hydrogen-bond acceptors (Lipinski definition) is 6. The fourth-order valence-electron chi connectivity index (χ4n) is 3.26. The lowest BCUT2D eigenvalue weighted by atomic mass is 10.0. The molecule has 0 spiro atoms. The number of ether oxygens (including phenoxy) is 2. The topological polar surface area (TPSA) is 105 Å². The summed E-state index contributed by atoms with van der Waals surface area (Å²) in [4.78, 5) is 37.4. The number of amides is 3. The number of carbonyl (C=O) groups is 3. The van der Waals surface area contributed by atoms with Gasteiger partial charge in [-0.3, -0.25) is 19.7 Å². The molecular weight excluding hydrogens is 316 g/mol. The molecule has 3 aliphatic heterocycles. The summed E-state index contributed by atoms with van der Waals surface area (Å²) in [6, 6.07) is 2.69. The van der Waals surface area contributed by atoms with Gasteiger partial charge >= 0.3 is 0 Å². The Morgan fingerprint density at radius 3 is 2.83 bits per heavy atom. The average Bonchev–Trinajstić information content (AvgIpc) is 2.88. The number of hydrogen-bond donors (Lipinski definition) is 2. The summed E-state index contributed by atoms with van der Waals surface area (Å²) in [6.45, 7) is 0.339. The maximum absolute atomic E-state index is 12.7. The Hall–Kier alpha value is -2.61. The lowest BCUT2D eigenvalue weighted by molar-refractivity contribution is -0.136. The van der Waals surface area contributed by atoms with Crippen LogP contribution >= 0.6 is 0 Å². The quantitative estimate of drug-likeness (QED) is 0.713. The molecule has 0 radical (unpaired) electrons. The first-order chi connectivity index (χ1) is 11.6. The summed E-state index contributed by atoms with van der Waals surface area (Å²) in [5.74, 6) is -0.0678. The predicted octanol–water partition coefficient (Wildman–Crippen LogP) is -0.420. The third-order valence-corrected chi connectivity index (χ3v) is 4.51. The summed E-state index contributed by atoms with van der Waals surface area (Å²) >= 11 is 0. The van der Waals surface area contributed by atoms with E-state index in [0.29, 0.717) is 23.5 Å². The van der Waals surface area contributed by atoms with Gasteiger partial charge in [0, 0.05) is 18.5 Å². The Morgan fingerprint density at radius 1 is 1.25 bits per heavy atom. The van der Waals surface area contributed by atoms with Crippen LogP contribution in [-0.2, 0) is 16.1 Å². The van der Waals surface area contributed by atoms with Gasteiger partial charge in [0.25, 0.3) is 5.91 Å². The minimum absolute atomic E-state index is 0.155. The van der Waals surface area contributed by atoms with E-state index in [1.165, 1.54) is 4.90 Å². The van der Waals surface area contributed by atoms with E-state index >= 15 is 0 Å². The molecular formula is C16H16N2O6. The molecule has 126 valence electrons. The van der Waals surface area contributed by atoms with Gasteiger partial charge < -0.3 is 19.5 Å². The highest BCUT2D eigenvalue weighted by Crippen LogP contribution is 2.38. The standard InChI is InChI=1S/C16H16N2O6/c19-6-9-7-23-12-4-10-8(3-13(12)24-9)5-18(16(10)22)11-1-2-14(20)17-15(11)21/h3-4,9,11,19H,1-2,5-7H2,(H,17,20,21). The van der Waals surface area contributed by atoms with Crippen molar-refractivity contribution in [1.82, 2.24) is 10.2 Å². The smallest absolute Gasteiger partial charge is 0.255 e. The maximum atomic E-state index is 12.7. The van der Waals surface area contributed by atoms with Crippen molar-refractivity contribution in [1.29, 1.82) is 0 Å². The Balaban J connectivity index is 1.61. The molecule has 0 aliphatic carbocycles. The Morgan fingerprint density at radius 2 is 2.08 bits per heavy atom. The first-order valence-corrected chi connectivity index (χ1v) is 7.78. The number of aliphatic hydroxyl groups is 1. The van der Waals surface area contributed by atoms with Gasteiger partial charge in [-0.25, -0.2) is 0 Å². The van der Waals surface area contributed by atoms with Crippen LogP contribution in [0.2, 0.25) is 0 Å². The maximum Gasteiger partial charge on any atom is 0.255 e. The first kappa shape index (κ1) is 14.9. The minimum Gasteiger partial charge on any atom is -0.486 e. The normalized spacial score (nSPS) is 25.5. The number of benzene rings is 1. The second-order valence-corrected chi connectivity index (χ2v) is 6.09. The highest BCUT2D eigenvalue weighted by molar-refractivity contribution is 6.05. The summed E-state index contributed by atoms with van der Waals surface area (Å²) in [5, 5.41) is 11.4. The van der Waals surface area contributed by atoms with Crippen LogP contribution in [0.1, 0.15) is 28.8 Å². The molecule has 2 atom stereocenters. The van der Waals surface area contributed by atoms with Crippen LogP contribution in [0.15, 0.2) is 12.1 Å². The molecule has 1 aromatic carbocycles. The zero-order chi connectivity index (χ0) is 16.8. The van der Waals surface area contributed by atoms with Crippen molar-refractivity contribution in [3.63, 3.8) is 0 Å². The van der Waals surface area contributed by atoms with Gasteiger partial charge in [-0.1, -0.05) is 0 Å². The second-order valence-electron chi connectivity index (χ2n) is 6.09. The molecule has 0 saturated carbocycles. The van der Waals surface area contributed by atoms with Gasteiger partial charge in [0.15, 0.2) is 17.6 Å². The van der Waals surface area contributed by atoms with E-state index in [1.54, 1.807) is 12.1 Å². The molecule has 3 heterocycles. The number of rotatable bonds is 2. The Labute approximate surface area is 137 Å². The predicted molar refractivity (Wildman–Crippen MR) is 79.5 cm³/mol. The lowest BCUT2D eigenvalue weighted by Crippen LogP contribution is -2.52. The summed E-state index contributed by atoms with van der Waals surface area (Å²) in [7, 11) is 0. The Bertz CT molecular complexity index is 746. The third-order valence-electron chi connectivity index (χ3n) is 4.51. The molecule has 0 bridgehead atoms. The molecule has 3 amide bonds. The SMILES string of the molecule is O=C1CCC(N2Cc3cc4c(cc3C2=O)OCC(CO)O4)C(=O)N1. The number of piperidine rings is 1. The van der Waals surface area contributed by atoms with Crippen LogP contribution in [0.3, 0.4) is 0 Å². The molecule has 0 aromatic heterocycles. The molecule has 4 rings (SSSR count). The van der Waals surface area contributed by atoms with Gasteiger partial charge in [-0.15, -0.1) is 0 Å². The second kappa shape index (κ2) is 5.48. The molecule has 2 unspecified atom stereocenters. The molecule has 8 nitrogen and oxygen atoms in total. The van der Waals surface area contributed by atoms with E-state index in [0.717, 1.165) is 5.56 Å². The highest BCUT2D eigenvalue weighted by Gasteiger charge is 2.40. The van der Waals surface area contributed by atoms with Crippen LogP contribution in [0.5, 0.6) is 11.5 Å². The monoisotopic (exact) mass is 332 g/mol. The molecule has 2 N–H and O–H groups in total. The van der Waals surface area contributed by atoms with Crippen molar-refractivity contribution >= 4 is 17.7 Å². The number of nitrogens with one attached hydrogen (secondary N) is 1. The first-order valence-electron chi connectivity index (χ1n) is 7.78. The van der Waals surface area contributed by atoms with Gasteiger partial charge in [-0.2, -0.15) is 0 Å². The summed E-state index contributed by atoms with van der Waals surface area (Å²) in [5.41, 5.74) is 1.22. The molecule has 1 saturated heterocycles. The van der Waals surface area contributed by atoms with Crippen LogP contribution in [-0.4, -0.2) is 53.1 Å². The number of imide groups is 1. The summed E-state index contributed by atoms with van der Waals surface area (Å²) < 4.78 is 11.2. The molecule has 1 aromatic rings. The lowest BCUT2D eigenvalue weighted by Gasteiger charge is -2.29. The number of nitrogens with zero attached hydrogens (tertiary/aromatic N) is 1. The number of fused-ring (bicyclic) bond motifs is 2. The minimum atomic E-state index is -0.647. The van der Waals surface area contributed by atoms with E-state index in [-0.39, 0.29) is 38.0 Å². The highest BCUT2D eigenvalue weighted by atomic mass is 16.6. The van der Waals surface area contributed by atoms with Crippen molar-refractivity contribution in [3.8, 4) is 11.5 Å². The summed E-state index contributed by atoms with van der Waals surface area (Å²) in [6.07, 6.45) is 0.111. The van der Waals surface area contributed by atoms with Gasteiger partial charge in [0.2, 0.25) is 11.8 Å². The van der Waals surface area contributed by atoms with Gasteiger partial charge in [0.1, 0.15) is 12.6 Å². The van der Waals surface area contributed by atoms with Crippen LogP contribution in [0.25, 0.3) is 0 Å². The zero-order valence-corrected chi connectivity index (χ0v) is 12.8. The van der Waals surface area contributed by atoms with Crippen LogP contribution in [0.4, 0.5) is 0 Å². The van der Waals surface area contributed by atoms with Gasteiger partial charge in [-0.05, 0) is 24.1 Å². The van der Waals surface area contributed by atoms with E-state index in [1.807, 2.05) is 0 Å². The van der Waals surface area contributed by atoms with E-state index in [4.69, 9.17) is 9.47 Å². The van der Waals surface area contributed by atoms with Crippen molar-refractivity contribution in [2.75, 3.05) is 13.2 Å². The van der Waals surface area contributed by atoms with Crippen LogP contribution in [0, 0.1) is 0 Å². The largest absolute Gasteiger partial charge is 0.486 e. The van der Waals surface area contributed by atoms with E-state index < -0.39 is 18.1 Å². The fraction of sp³-hybridized carbons (Fsp3) is 0.438. The van der Waals surface area contributed by atoms with Crippen molar-refractivity contribution in [2.24, 2.45) is 0 Å². The molecule has 3 aliphatic rings. The van der Waals surface area contributed by atoms with E-state index in [2.05, 4.69) is 5.32 Å². The van der Waals surface area contributed by atoms with Crippen molar-refractivity contribution in [3.05, 3.63) is 23.3 Å². The molecule has 8 heteroatoms. The number of carbonyl (C=O) groups excluding carboxylic acids is 3. The molecule has 1 fully saturated rings.